The zero-order valence-corrected chi connectivity index (χ0v) is 11.7. The van der Waals surface area contributed by atoms with Crippen LogP contribution in [0.25, 0.3) is 0 Å². The number of nitrogens with one attached hydrogen (secondary N) is 2. The highest BCUT2D eigenvalue weighted by molar-refractivity contribution is 7.98. The molecule has 7 heteroatoms. The van der Waals surface area contributed by atoms with E-state index in [0.29, 0.717) is 6.54 Å². The zero-order valence-electron chi connectivity index (χ0n) is 10.9. The average Bonchev–Trinajstić information content (AvgIpc) is 2.46. The van der Waals surface area contributed by atoms with Gasteiger partial charge in [0.05, 0.1) is 12.2 Å². The Morgan fingerprint density at radius 2 is 2.00 bits per heavy atom. The van der Waals surface area contributed by atoms with Crippen LogP contribution in [0, 0.1) is 0 Å². The summed E-state index contributed by atoms with van der Waals surface area (Å²) in [5, 5.41) is 7.17. The van der Waals surface area contributed by atoms with E-state index < -0.39 is 0 Å². The highest BCUT2D eigenvalue weighted by Gasteiger charge is 2.03. The van der Waals surface area contributed by atoms with Crippen molar-refractivity contribution in [3.63, 3.8) is 0 Å². The smallest absolute Gasteiger partial charge is 0.191 e. The first-order valence-corrected chi connectivity index (χ1v) is 7.20. The van der Waals surface area contributed by atoms with Gasteiger partial charge in [-0.05, 0) is 19.2 Å². The Morgan fingerprint density at radius 3 is 2.63 bits per heavy atom. The average molecular weight is 276 g/mol. The van der Waals surface area contributed by atoms with Gasteiger partial charge in [-0.3, -0.25) is 0 Å². The summed E-state index contributed by atoms with van der Waals surface area (Å²) in [6, 6.07) is 3.76. The molecule has 0 fully saturated rings. The van der Waals surface area contributed by atoms with Crippen LogP contribution >= 0.6 is 11.8 Å². The van der Waals surface area contributed by atoms with Crippen molar-refractivity contribution in [3.05, 3.63) is 30.4 Å². The number of hydrogen-bond donors (Lipinski definition) is 2. The van der Waals surface area contributed by atoms with Crippen LogP contribution in [0.15, 0.2) is 29.8 Å². The molecular weight excluding hydrogens is 260 g/mol. The van der Waals surface area contributed by atoms with Crippen LogP contribution in [0.2, 0.25) is 0 Å². The van der Waals surface area contributed by atoms with E-state index in [1.807, 2.05) is 25.3 Å². The molecule has 19 heavy (non-hydrogen) atoms. The number of anilines is 2. The van der Waals surface area contributed by atoms with Crippen molar-refractivity contribution >= 4 is 23.4 Å². The maximum absolute atomic E-state index is 4.41. The maximum Gasteiger partial charge on any atom is 0.191 e. The summed E-state index contributed by atoms with van der Waals surface area (Å²) in [5.74, 6) is 1.61. The molecule has 6 nitrogen and oxygen atoms in total. The fourth-order valence-electron chi connectivity index (χ4n) is 1.48. The van der Waals surface area contributed by atoms with Crippen LogP contribution in [0.4, 0.5) is 11.6 Å². The van der Waals surface area contributed by atoms with Gasteiger partial charge in [0.25, 0.3) is 0 Å². The molecule has 0 saturated carbocycles. The van der Waals surface area contributed by atoms with E-state index in [1.165, 1.54) is 18.1 Å². The molecule has 0 aliphatic carbocycles. The van der Waals surface area contributed by atoms with Gasteiger partial charge < -0.3 is 10.6 Å². The molecule has 0 aliphatic heterocycles. The van der Waals surface area contributed by atoms with E-state index in [4.69, 9.17) is 0 Å². The second-order valence-electron chi connectivity index (χ2n) is 3.71. The highest BCUT2D eigenvalue weighted by atomic mass is 32.2. The van der Waals surface area contributed by atoms with E-state index in [2.05, 4.69) is 30.6 Å². The lowest BCUT2D eigenvalue weighted by molar-refractivity contribution is 0.936. The lowest BCUT2D eigenvalue weighted by Gasteiger charge is -2.09. The third-order valence-electron chi connectivity index (χ3n) is 2.34. The molecule has 0 atom stereocenters. The Balaban J connectivity index is 2.08. The van der Waals surface area contributed by atoms with E-state index in [9.17, 15) is 0 Å². The molecule has 2 N–H and O–H groups in total. The van der Waals surface area contributed by atoms with E-state index >= 15 is 0 Å². The number of nitrogens with zero attached hydrogens (tertiary/aromatic N) is 4. The molecule has 100 valence electrons. The number of hydrogen-bond acceptors (Lipinski definition) is 7. The monoisotopic (exact) mass is 276 g/mol. The third kappa shape index (κ3) is 4.06. The summed E-state index contributed by atoms with van der Waals surface area (Å²) in [6.45, 7) is 3.48. The van der Waals surface area contributed by atoms with Gasteiger partial charge in [0.2, 0.25) is 0 Å². The predicted octanol–water partition coefficient (Wildman–Crippen LogP) is 2.03. The van der Waals surface area contributed by atoms with Crippen LogP contribution in [0.5, 0.6) is 0 Å². The molecule has 2 rings (SSSR count). The summed E-state index contributed by atoms with van der Waals surface area (Å²) >= 11 is 1.52. The minimum atomic E-state index is 0.610. The Morgan fingerprint density at radius 1 is 1.21 bits per heavy atom. The Kier molecular flexibility index (Phi) is 4.91. The molecule has 0 amide bonds. The molecule has 2 aromatic rings. The normalized spacial score (nSPS) is 10.2. The zero-order chi connectivity index (χ0) is 13.5. The molecule has 0 aromatic carbocycles. The second-order valence-corrected chi connectivity index (χ2v) is 4.48. The van der Waals surface area contributed by atoms with Crippen LogP contribution in [0.3, 0.4) is 0 Å². The second kappa shape index (κ2) is 6.89. The lowest BCUT2D eigenvalue weighted by Crippen LogP contribution is -2.07. The van der Waals surface area contributed by atoms with Crippen molar-refractivity contribution in [1.82, 2.24) is 19.9 Å². The predicted molar refractivity (Wildman–Crippen MR) is 77.3 cm³/mol. The highest BCUT2D eigenvalue weighted by Crippen LogP contribution is 2.17. The summed E-state index contributed by atoms with van der Waals surface area (Å²) in [4.78, 5) is 16.8. The molecule has 2 heterocycles. The summed E-state index contributed by atoms with van der Waals surface area (Å²) < 4.78 is 0. The SMILES string of the molecule is CCNc1cc(NCc2ccncn2)nc(SC)n1. The number of aromatic nitrogens is 4. The summed E-state index contributed by atoms with van der Waals surface area (Å²) in [6.07, 6.45) is 5.22. The van der Waals surface area contributed by atoms with E-state index in [-0.39, 0.29) is 0 Å². The largest absolute Gasteiger partial charge is 0.370 e. The van der Waals surface area contributed by atoms with Gasteiger partial charge in [0.1, 0.15) is 18.0 Å². The van der Waals surface area contributed by atoms with E-state index in [0.717, 1.165) is 29.0 Å². The molecular formula is C12H16N6S. The van der Waals surface area contributed by atoms with Gasteiger partial charge in [-0.1, -0.05) is 11.8 Å². The summed E-state index contributed by atoms with van der Waals surface area (Å²) in [7, 11) is 0. The van der Waals surface area contributed by atoms with Crippen LogP contribution in [-0.4, -0.2) is 32.7 Å². The standard InChI is InChI=1S/C12H16N6S/c1-3-14-10-6-11(18-12(17-10)19-2)15-7-9-4-5-13-8-16-9/h4-6,8H,3,7H2,1-2H3,(H2,14,15,17,18). The van der Waals surface area contributed by atoms with Crippen molar-refractivity contribution in [3.8, 4) is 0 Å². The van der Waals surface area contributed by atoms with Crippen molar-refractivity contribution in [2.24, 2.45) is 0 Å². The number of rotatable bonds is 6. The molecule has 2 aromatic heterocycles. The Bertz CT molecular complexity index is 519. The minimum absolute atomic E-state index is 0.610. The molecule has 0 saturated heterocycles. The molecule has 0 aliphatic rings. The fraction of sp³-hybridized carbons (Fsp3) is 0.333. The van der Waals surface area contributed by atoms with Gasteiger partial charge in [0, 0.05) is 18.8 Å². The van der Waals surface area contributed by atoms with E-state index in [1.54, 1.807) is 6.20 Å². The van der Waals surface area contributed by atoms with Crippen molar-refractivity contribution in [2.45, 2.75) is 18.6 Å². The maximum atomic E-state index is 4.41. The molecule has 0 bridgehead atoms. The van der Waals surface area contributed by atoms with Crippen molar-refractivity contribution in [2.75, 3.05) is 23.4 Å². The molecule has 0 spiro atoms. The Hall–Kier alpha value is -1.89. The van der Waals surface area contributed by atoms with Gasteiger partial charge >= 0.3 is 0 Å². The lowest BCUT2D eigenvalue weighted by atomic mass is 10.4. The van der Waals surface area contributed by atoms with Crippen LogP contribution < -0.4 is 10.6 Å². The van der Waals surface area contributed by atoms with Gasteiger partial charge in [0.15, 0.2) is 5.16 Å². The number of thioether (sulfide) groups is 1. The van der Waals surface area contributed by atoms with Crippen molar-refractivity contribution < 1.29 is 0 Å². The quantitative estimate of drug-likeness (QED) is 0.617. The van der Waals surface area contributed by atoms with Gasteiger partial charge in [-0.2, -0.15) is 0 Å². The summed E-state index contributed by atoms with van der Waals surface area (Å²) in [5.41, 5.74) is 0.921. The molecule has 0 radical (unpaired) electrons. The first-order chi connectivity index (χ1) is 9.31. The van der Waals surface area contributed by atoms with Crippen LogP contribution in [-0.2, 0) is 6.54 Å². The first-order valence-electron chi connectivity index (χ1n) is 5.97. The minimum Gasteiger partial charge on any atom is -0.370 e. The Labute approximate surface area is 116 Å². The topological polar surface area (TPSA) is 75.6 Å². The first kappa shape index (κ1) is 13.5. The van der Waals surface area contributed by atoms with Gasteiger partial charge in [-0.15, -0.1) is 0 Å². The third-order valence-corrected chi connectivity index (χ3v) is 2.89. The van der Waals surface area contributed by atoms with Crippen molar-refractivity contribution in [1.29, 1.82) is 0 Å². The molecule has 0 unspecified atom stereocenters. The fourth-order valence-corrected chi connectivity index (χ4v) is 1.86. The van der Waals surface area contributed by atoms with Gasteiger partial charge in [-0.25, -0.2) is 19.9 Å². The van der Waals surface area contributed by atoms with Crippen LogP contribution in [0.1, 0.15) is 12.6 Å².